The van der Waals surface area contributed by atoms with E-state index in [1.54, 1.807) is 6.07 Å². The summed E-state index contributed by atoms with van der Waals surface area (Å²) >= 11 is 0. The van der Waals surface area contributed by atoms with Crippen LogP contribution in [0, 0.1) is 13.8 Å². The lowest BCUT2D eigenvalue weighted by Gasteiger charge is -2.12. The van der Waals surface area contributed by atoms with Gasteiger partial charge >= 0.3 is 5.97 Å². The monoisotopic (exact) mass is 327 g/mol. The van der Waals surface area contributed by atoms with Crippen LogP contribution in [-0.2, 0) is 22.6 Å². The maximum absolute atomic E-state index is 12.3. The van der Waals surface area contributed by atoms with Crippen LogP contribution in [-0.4, -0.2) is 24.1 Å². The van der Waals surface area contributed by atoms with Crippen molar-refractivity contribution >= 4 is 17.6 Å². The predicted molar refractivity (Wildman–Crippen MR) is 92.4 cm³/mol. The number of aryl methyl sites for hydroxylation is 2. The van der Waals surface area contributed by atoms with Gasteiger partial charge in [0, 0.05) is 12.8 Å². The molecule has 0 aliphatic heterocycles. The Morgan fingerprint density at radius 3 is 2.38 bits per heavy atom. The molecule has 5 nitrogen and oxygen atoms in total. The summed E-state index contributed by atoms with van der Waals surface area (Å²) in [5, 5.41) is 12.0. The van der Waals surface area contributed by atoms with Gasteiger partial charge in [-0.15, -0.1) is 0 Å². The third kappa shape index (κ3) is 4.43. The molecule has 2 aromatic rings. The van der Waals surface area contributed by atoms with Crippen LogP contribution < -0.4 is 5.32 Å². The number of ether oxygens (including phenoxy) is 1. The van der Waals surface area contributed by atoms with Crippen LogP contribution in [0.25, 0.3) is 0 Å². The predicted octanol–water partition coefficient (Wildman–Crippen LogP) is 3.33. The van der Waals surface area contributed by atoms with E-state index in [2.05, 4.69) is 5.32 Å². The van der Waals surface area contributed by atoms with Gasteiger partial charge in [0.15, 0.2) is 0 Å². The topological polar surface area (TPSA) is 75.6 Å². The van der Waals surface area contributed by atoms with Gasteiger partial charge in [-0.3, -0.25) is 4.79 Å². The molecule has 2 N–H and O–H groups in total. The molecule has 0 aliphatic rings. The van der Waals surface area contributed by atoms with Crippen LogP contribution in [0.1, 0.15) is 32.6 Å². The summed E-state index contributed by atoms with van der Waals surface area (Å²) in [4.78, 5) is 23.6. The second-order valence-electron chi connectivity index (χ2n) is 5.75. The van der Waals surface area contributed by atoms with Crippen molar-refractivity contribution in [1.29, 1.82) is 0 Å². The number of anilines is 1. The minimum absolute atomic E-state index is 0.118. The first-order valence-corrected chi connectivity index (χ1v) is 7.62. The van der Waals surface area contributed by atoms with Crippen LogP contribution in [0.5, 0.6) is 0 Å². The van der Waals surface area contributed by atoms with Gasteiger partial charge in [0.05, 0.1) is 18.6 Å². The maximum atomic E-state index is 12.3. The van der Waals surface area contributed by atoms with E-state index >= 15 is 0 Å². The molecule has 0 heterocycles. The van der Waals surface area contributed by atoms with Gasteiger partial charge in [-0.25, -0.2) is 4.79 Å². The lowest BCUT2D eigenvalue weighted by molar-refractivity contribution is -0.115. The third-order valence-corrected chi connectivity index (χ3v) is 3.82. The number of hydrogen-bond donors (Lipinski definition) is 2. The Bertz CT molecular complexity index is 748. The first-order valence-electron chi connectivity index (χ1n) is 7.62. The van der Waals surface area contributed by atoms with Gasteiger partial charge in [-0.05, 0) is 54.3 Å². The molecule has 0 saturated heterocycles. The fraction of sp³-hybridized carbons (Fsp3) is 0.263. The van der Waals surface area contributed by atoms with Gasteiger partial charge in [0.25, 0.3) is 0 Å². The molecule has 2 rings (SSSR count). The van der Waals surface area contributed by atoms with E-state index in [1.807, 2.05) is 32.0 Å². The lowest BCUT2D eigenvalue weighted by Crippen LogP contribution is -2.16. The molecular formula is C19H21NO4. The van der Waals surface area contributed by atoms with Crippen molar-refractivity contribution in [3.63, 3.8) is 0 Å². The van der Waals surface area contributed by atoms with E-state index in [4.69, 9.17) is 4.74 Å². The van der Waals surface area contributed by atoms with Gasteiger partial charge in [0.1, 0.15) is 0 Å². The zero-order chi connectivity index (χ0) is 17.7. The molecule has 0 radical (unpaired) electrons. The van der Waals surface area contributed by atoms with Gasteiger partial charge in [-0.1, -0.05) is 18.2 Å². The number of benzene rings is 2. The Morgan fingerprint density at radius 1 is 1.12 bits per heavy atom. The van der Waals surface area contributed by atoms with Crippen LogP contribution in [0.2, 0.25) is 0 Å². The standard InChI is InChI=1S/C19H21NO4/c1-12-5-4-6-13(2)17(12)10-18(21)20-16-8-14(11-24-3)7-15(9-16)19(22)23/h4-9H,10-11H2,1-3H3,(H,20,21)(H,22,23). The van der Waals surface area contributed by atoms with Crippen molar-refractivity contribution in [2.24, 2.45) is 0 Å². The highest BCUT2D eigenvalue weighted by Gasteiger charge is 2.12. The van der Waals surface area contributed by atoms with Gasteiger partial charge in [-0.2, -0.15) is 0 Å². The average molecular weight is 327 g/mol. The fourth-order valence-electron chi connectivity index (χ4n) is 2.63. The Morgan fingerprint density at radius 2 is 1.79 bits per heavy atom. The summed E-state index contributed by atoms with van der Waals surface area (Å²) in [6, 6.07) is 10.6. The Kier molecular flexibility index (Phi) is 5.71. The van der Waals surface area contributed by atoms with Crippen molar-refractivity contribution in [3.8, 4) is 0 Å². The minimum atomic E-state index is -1.04. The second kappa shape index (κ2) is 7.75. The van der Waals surface area contributed by atoms with E-state index in [1.165, 1.54) is 19.2 Å². The first kappa shape index (κ1) is 17.7. The highest BCUT2D eigenvalue weighted by Crippen LogP contribution is 2.18. The summed E-state index contributed by atoms with van der Waals surface area (Å²) in [6.45, 7) is 4.22. The summed E-state index contributed by atoms with van der Waals surface area (Å²) in [7, 11) is 1.53. The van der Waals surface area contributed by atoms with Crippen LogP contribution in [0.15, 0.2) is 36.4 Å². The summed E-state index contributed by atoms with van der Waals surface area (Å²) in [5.74, 6) is -1.23. The number of rotatable bonds is 6. The molecule has 0 spiro atoms. The van der Waals surface area contributed by atoms with Crippen molar-refractivity contribution in [3.05, 3.63) is 64.2 Å². The molecule has 2 aromatic carbocycles. The quantitative estimate of drug-likeness (QED) is 0.853. The highest BCUT2D eigenvalue weighted by molar-refractivity contribution is 5.95. The average Bonchev–Trinajstić information content (AvgIpc) is 2.51. The van der Waals surface area contributed by atoms with Crippen molar-refractivity contribution < 1.29 is 19.4 Å². The van der Waals surface area contributed by atoms with E-state index in [0.717, 1.165) is 16.7 Å². The number of hydrogen-bond acceptors (Lipinski definition) is 3. The third-order valence-electron chi connectivity index (χ3n) is 3.82. The summed E-state index contributed by atoms with van der Waals surface area (Å²) in [5.41, 5.74) is 4.38. The summed E-state index contributed by atoms with van der Waals surface area (Å²) < 4.78 is 5.04. The highest BCUT2D eigenvalue weighted by atomic mass is 16.5. The normalized spacial score (nSPS) is 10.5. The number of amides is 1. The van der Waals surface area contributed by atoms with E-state index in [0.29, 0.717) is 11.3 Å². The molecule has 0 aromatic heterocycles. The molecule has 0 aliphatic carbocycles. The molecule has 1 amide bonds. The number of carbonyl (C=O) groups excluding carboxylic acids is 1. The smallest absolute Gasteiger partial charge is 0.335 e. The zero-order valence-corrected chi connectivity index (χ0v) is 14.1. The number of aromatic carboxylic acids is 1. The molecule has 0 bridgehead atoms. The maximum Gasteiger partial charge on any atom is 0.335 e. The Hall–Kier alpha value is -2.66. The van der Waals surface area contributed by atoms with Crippen molar-refractivity contribution in [1.82, 2.24) is 0 Å². The fourth-order valence-corrected chi connectivity index (χ4v) is 2.63. The van der Waals surface area contributed by atoms with Gasteiger partial charge < -0.3 is 15.2 Å². The first-order chi connectivity index (χ1) is 11.4. The van der Waals surface area contributed by atoms with E-state index in [-0.39, 0.29) is 24.5 Å². The SMILES string of the molecule is COCc1cc(NC(=O)Cc2c(C)cccc2C)cc(C(=O)O)c1. The number of methoxy groups -OCH3 is 1. The van der Waals surface area contributed by atoms with Crippen molar-refractivity contribution in [2.75, 3.05) is 12.4 Å². The van der Waals surface area contributed by atoms with Crippen LogP contribution >= 0.6 is 0 Å². The molecule has 0 unspecified atom stereocenters. The lowest BCUT2D eigenvalue weighted by atomic mass is 10.00. The molecule has 0 fully saturated rings. The number of nitrogens with one attached hydrogen (secondary N) is 1. The number of carbonyl (C=O) groups is 2. The van der Waals surface area contributed by atoms with E-state index in [9.17, 15) is 14.7 Å². The largest absolute Gasteiger partial charge is 0.478 e. The molecule has 0 saturated carbocycles. The number of carboxylic acids is 1. The molecular weight excluding hydrogens is 306 g/mol. The molecule has 126 valence electrons. The van der Waals surface area contributed by atoms with Crippen LogP contribution in [0.4, 0.5) is 5.69 Å². The molecule has 5 heteroatoms. The molecule has 0 atom stereocenters. The summed E-state index contributed by atoms with van der Waals surface area (Å²) in [6.07, 6.45) is 0.245. The van der Waals surface area contributed by atoms with Gasteiger partial charge in [0.2, 0.25) is 5.91 Å². The Labute approximate surface area is 141 Å². The number of carboxylic acid groups (broad SMARTS) is 1. The van der Waals surface area contributed by atoms with Crippen LogP contribution in [0.3, 0.4) is 0 Å². The zero-order valence-electron chi connectivity index (χ0n) is 14.1. The Balaban J connectivity index is 2.20. The van der Waals surface area contributed by atoms with Crippen molar-refractivity contribution in [2.45, 2.75) is 26.9 Å². The minimum Gasteiger partial charge on any atom is -0.478 e. The van der Waals surface area contributed by atoms with E-state index < -0.39 is 5.97 Å². The second-order valence-corrected chi connectivity index (χ2v) is 5.75. The molecule has 24 heavy (non-hydrogen) atoms.